The van der Waals surface area contributed by atoms with Gasteiger partial charge in [0, 0.05) is 31.2 Å². The zero-order valence-electron chi connectivity index (χ0n) is 15.8. The van der Waals surface area contributed by atoms with Gasteiger partial charge in [-0.3, -0.25) is 19.9 Å². The van der Waals surface area contributed by atoms with E-state index in [0.29, 0.717) is 24.5 Å². The van der Waals surface area contributed by atoms with Gasteiger partial charge in [0.1, 0.15) is 0 Å². The SMILES string of the molecule is CCN(CC(=O)Nc1cc(C)no1)C1CCN(C(C)c2ccccc2)C1. The number of nitrogens with one attached hydrogen (secondary N) is 1. The Morgan fingerprint density at radius 3 is 2.85 bits per heavy atom. The molecule has 1 amide bonds. The molecule has 0 saturated carbocycles. The van der Waals surface area contributed by atoms with Crippen molar-refractivity contribution in [3.8, 4) is 0 Å². The lowest BCUT2D eigenvalue weighted by atomic mass is 10.1. The van der Waals surface area contributed by atoms with Crippen LogP contribution in [0.15, 0.2) is 40.9 Å². The Hall–Kier alpha value is -2.18. The van der Waals surface area contributed by atoms with Gasteiger partial charge >= 0.3 is 0 Å². The molecule has 2 heterocycles. The Kier molecular flexibility index (Phi) is 6.06. The van der Waals surface area contributed by atoms with E-state index >= 15 is 0 Å². The molecule has 1 N–H and O–H groups in total. The van der Waals surface area contributed by atoms with Crippen LogP contribution < -0.4 is 5.32 Å². The smallest absolute Gasteiger partial charge is 0.240 e. The van der Waals surface area contributed by atoms with Crippen LogP contribution in [0, 0.1) is 6.92 Å². The lowest BCUT2D eigenvalue weighted by Gasteiger charge is -2.29. The number of benzene rings is 1. The quantitative estimate of drug-likeness (QED) is 0.826. The predicted molar refractivity (Wildman–Crippen MR) is 102 cm³/mol. The van der Waals surface area contributed by atoms with Gasteiger partial charge in [0.15, 0.2) is 0 Å². The van der Waals surface area contributed by atoms with E-state index in [0.717, 1.165) is 31.7 Å². The Balaban J connectivity index is 1.54. The monoisotopic (exact) mass is 356 g/mol. The molecule has 140 valence electrons. The van der Waals surface area contributed by atoms with Gasteiger partial charge < -0.3 is 4.52 Å². The predicted octanol–water partition coefficient (Wildman–Crippen LogP) is 3.08. The third-order valence-electron chi connectivity index (χ3n) is 5.18. The molecule has 0 bridgehead atoms. The van der Waals surface area contributed by atoms with Crippen LogP contribution in [0.5, 0.6) is 0 Å². The second-order valence-electron chi connectivity index (χ2n) is 6.97. The van der Waals surface area contributed by atoms with Gasteiger partial charge in [-0.15, -0.1) is 0 Å². The first-order valence-corrected chi connectivity index (χ1v) is 9.33. The molecule has 2 aromatic rings. The fourth-order valence-electron chi connectivity index (χ4n) is 3.64. The third kappa shape index (κ3) is 4.51. The average Bonchev–Trinajstić information content (AvgIpc) is 3.29. The van der Waals surface area contributed by atoms with Crippen LogP contribution in [0.3, 0.4) is 0 Å². The minimum Gasteiger partial charge on any atom is -0.338 e. The van der Waals surface area contributed by atoms with E-state index in [1.54, 1.807) is 6.07 Å². The van der Waals surface area contributed by atoms with E-state index in [2.05, 4.69) is 64.5 Å². The van der Waals surface area contributed by atoms with Gasteiger partial charge in [0.2, 0.25) is 11.8 Å². The van der Waals surface area contributed by atoms with Crippen molar-refractivity contribution in [1.29, 1.82) is 0 Å². The number of hydrogen-bond acceptors (Lipinski definition) is 5. The largest absolute Gasteiger partial charge is 0.338 e. The number of hydrogen-bond donors (Lipinski definition) is 1. The number of anilines is 1. The number of amides is 1. The molecule has 1 fully saturated rings. The molecule has 1 aliphatic rings. The first-order chi connectivity index (χ1) is 12.6. The van der Waals surface area contributed by atoms with Crippen molar-refractivity contribution in [2.45, 2.75) is 39.3 Å². The summed E-state index contributed by atoms with van der Waals surface area (Å²) in [6, 6.07) is 13.1. The number of carbonyl (C=O) groups excluding carboxylic acids is 1. The van der Waals surface area contributed by atoms with Crippen molar-refractivity contribution in [3.05, 3.63) is 47.7 Å². The van der Waals surface area contributed by atoms with E-state index < -0.39 is 0 Å². The number of aryl methyl sites for hydroxylation is 1. The second kappa shape index (κ2) is 8.47. The molecule has 0 aliphatic carbocycles. The normalized spacial score (nSPS) is 19.0. The maximum atomic E-state index is 12.3. The molecule has 3 rings (SSSR count). The van der Waals surface area contributed by atoms with E-state index in [-0.39, 0.29) is 5.91 Å². The van der Waals surface area contributed by atoms with E-state index in [1.165, 1.54) is 5.56 Å². The molecule has 2 unspecified atom stereocenters. The summed E-state index contributed by atoms with van der Waals surface area (Å²) in [5, 5.41) is 6.58. The van der Waals surface area contributed by atoms with Crippen molar-refractivity contribution in [1.82, 2.24) is 15.0 Å². The fraction of sp³-hybridized carbons (Fsp3) is 0.500. The zero-order valence-corrected chi connectivity index (χ0v) is 15.8. The molecule has 6 nitrogen and oxygen atoms in total. The summed E-state index contributed by atoms with van der Waals surface area (Å²) in [4.78, 5) is 17.1. The number of likely N-dealkylation sites (N-methyl/N-ethyl adjacent to an activating group) is 1. The lowest BCUT2D eigenvalue weighted by molar-refractivity contribution is -0.117. The van der Waals surface area contributed by atoms with Crippen LogP contribution >= 0.6 is 0 Å². The van der Waals surface area contributed by atoms with Gasteiger partial charge in [-0.25, -0.2) is 0 Å². The summed E-state index contributed by atoms with van der Waals surface area (Å²) in [6.45, 7) is 9.45. The van der Waals surface area contributed by atoms with Crippen LogP contribution in [0.4, 0.5) is 5.88 Å². The van der Waals surface area contributed by atoms with E-state index in [1.807, 2.05) is 6.92 Å². The fourth-order valence-corrected chi connectivity index (χ4v) is 3.64. The van der Waals surface area contributed by atoms with Gasteiger partial charge in [0.25, 0.3) is 0 Å². The van der Waals surface area contributed by atoms with Crippen molar-refractivity contribution in [3.63, 3.8) is 0 Å². The van der Waals surface area contributed by atoms with Crippen molar-refractivity contribution in [2.75, 3.05) is 31.5 Å². The number of rotatable bonds is 7. The molecule has 6 heteroatoms. The van der Waals surface area contributed by atoms with Crippen LogP contribution in [-0.4, -0.2) is 53.1 Å². The summed E-state index contributed by atoms with van der Waals surface area (Å²) < 4.78 is 5.06. The zero-order chi connectivity index (χ0) is 18.5. The van der Waals surface area contributed by atoms with Crippen molar-refractivity contribution >= 4 is 11.8 Å². The molecule has 1 aromatic carbocycles. The van der Waals surface area contributed by atoms with Crippen LogP contribution in [0.25, 0.3) is 0 Å². The highest BCUT2D eigenvalue weighted by Crippen LogP contribution is 2.26. The molecule has 1 saturated heterocycles. The molecule has 26 heavy (non-hydrogen) atoms. The van der Waals surface area contributed by atoms with Gasteiger partial charge in [-0.2, -0.15) is 0 Å². The molecule has 1 aliphatic heterocycles. The summed E-state index contributed by atoms with van der Waals surface area (Å²) >= 11 is 0. The summed E-state index contributed by atoms with van der Waals surface area (Å²) in [7, 11) is 0. The van der Waals surface area contributed by atoms with Crippen molar-refractivity contribution < 1.29 is 9.32 Å². The number of carbonyl (C=O) groups is 1. The maximum Gasteiger partial charge on any atom is 0.240 e. The highest BCUT2D eigenvalue weighted by molar-refractivity contribution is 5.91. The minimum absolute atomic E-state index is 0.0578. The third-order valence-corrected chi connectivity index (χ3v) is 5.18. The maximum absolute atomic E-state index is 12.3. The van der Waals surface area contributed by atoms with Crippen LogP contribution in [-0.2, 0) is 4.79 Å². The molecular formula is C20H28N4O2. The number of aromatic nitrogens is 1. The Labute approximate surface area is 155 Å². The van der Waals surface area contributed by atoms with Crippen LogP contribution in [0.2, 0.25) is 0 Å². The molecular weight excluding hydrogens is 328 g/mol. The van der Waals surface area contributed by atoms with Crippen LogP contribution in [0.1, 0.15) is 37.6 Å². The number of likely N-dealkylation sites (tertiary alicyclic amines) is 1. The van der Waals surface area contributed by atoms with E-state index in [9.17, 15) is 4.79 Å². The molecule has 0 radical (unpaired) electrons. The molecule has 2 atom stereocenters. The Bertz CT molecular complexity index is 716. The first kappa shape index (κ1) is 18.6. The van der Waals surface area contributed by atoms with Gasteiger partial charge in [-0.1, -0.05) is 42.4 Å². The number of nitrogens with zero attached hydrogens (tertiary/aromatic N) is 3. The highest BCUT2D eigenvalue weighted by atomic mass is 16.5. The molecule has 1 aromatic heterocycles. The van der Waals surface area contributed by atoms with Gasteiger partial charge in [-0.05, 0) is 32.4 Å². The minimum atomic E-state index is -0.0578. The topological polar surface area (TPSA) is 61.6 Å². The summed E-state index contributed by atoms with van der Waals surface area (Å²) in [6.07, 6.45) is 1.08. The standard InChI is InChI=1S/C20H28N4O2/c1-4-23(14-19(25)21-20-12-15(2)22-26-20)18-10-11-24(13-18)16(3)17-8-6-5-7-9-17/h5-9,12,16,18H,4,10-11,13-14H2,1-3H3,(H,21,25). The second-order valence-corrected chi connectivity index (χ2v) is 6.97. The summed E-state index contributed by atoms with van der Waals surface area (Å²) in [5.74, 6) is 0.354. The summed E-state index contributed by atoms with van der Waals surface area (Å²) in [5.41, 5.74) is 2.10. The van der Waals surface area contributed by atoms with Crippen molar-refractivity contribution in [2.24, 2.45) is 0 Å². The van der Waals surface area contributed by atoms with Gasteiger partial charge in [0.05, 0.1) is 12.2 Å². The van der Waals surface area contributed by atoms with E-state index in [4.69, 9.17) is 4.52 Å². The highest BCUT2D eigenvalue weighted by Gasteiger charge is 2.30. The first-order valence-electron chi connectivity index (χ1n) is 9.33. The Morgan fingerprint density at radius 2 is 2.19 bits per heavy atom. The average molecular weight is 356 g/mol. The molecule has 0 spiro atoms. The Morgan fingerprint density at radius 1 is 1.42 bits per heavy atom. The lowest BCUT2D eigenvalue weighted by Crippen LogP contribution is -2.42.